The lowest BCUT2D eigenvalue weighted by Gasteiger charge is -2.43. The van der Waals surface area contributed by atoms with Crippen LogP contribution in [0.2, 0.25) is 0 Å². The highest BCUT2D eigenvalue weighted by molar-refractivity contribution is 6.06. The molecule has 0 unspecified atom stereocenters. The van der Waals surface area contributed by atoms with Crippen LogP contribution in [0, 0.1) is 5.92 Å². The third-order valence-electron chi connectivity index (χ3n) is 4.34. The number of nitrogens with one attached hydrogen (secondary N) is 1. The van der Waals surface area contributed by atoms with Gasteiger partial charge in [0, 0.05) is 25.9 Å². The van der Waals surface area contributed by atoms with Gasteiger partial charge in [0.05, 0.1) is 0 Å². The molecule has 21 heavy (non-hydrogen) atoms. The molecule has 0 atom stereocenters. The number of piperazine rings is 1. The molecule has 7 nitrogen and oxygen atoms in total. The third kappa shape index (κ3) is 2.91. The van der Waals surface area contributed by atoms with Crippen molar-refractivity contribution in [3.05, 3.63) is 0 Å². The molecule has 116 valence electrons. The first kappa shape index (κ1) is 15.5. The van der Waals surface area contributed by atoms with Crippen LogP contribution in [-0.4, -0.2) is 58.6 Å². The monoisotopic (exact) mass is 295 g/mol. The molecule has 0 aliphatic carbocycles. The fourth-order valence-electron chi connectivity index (χ4n) is 2.80. The van der Waals surface area contributed by atoms with Crippen LogP contribution in [0.4, 0.5) is 0 Å². The summed E-state index contributed by atoms with van der Waals surface area (Å²) in [6.07, 6.45) is 1.14. The quantitative estimate of drug-likeness (QED) is 0.661. The molecule has 2 aliphatic heterocycles. The fraction of sp³-hybridized carbons (Fsp3) is 0.714. The summed E-state index contributed by atoms with van der Waals surface area (Å²) < 4.78 is 0. The van der Waals surface area contributed by atoms with Crippen LogP contribution in [0.5, 0.6) is 0 Å². The summed E-state index contributed by atoms with van der Waals surface area (Å²) in [6.45, 7) is 5.78. The van der Waals surface area contributed by atoms with E-state index < -0.39 is 17.4 Å². The molecule has 2 saturated heterocycles. The Hall–Kier alpha value is -1.92. The second-order valence-corrected chi connectivity index (χ2v) is 6.14. The highest BCUT2D eigenvalue weighted by Gasteiger charge is 2.45. The van der Waals surface area contributed by atoms with Gasteiger partial charge in [0.25, 0.3) is 5.91 Å². The smallest absolute Gasteiger partial charge is 0.252 e. The first-order valence-electron chi connectivity index (χ1n) is 7.14. The van der Waals surface area contributed by atoms with Crippen molar-refractivity contribution in [2.75, 3.05) is 19.6 Å². The zero-order valence-electron chi connectivity index (χ0n) is 12.6. The van der Waals surface area contributed by atoms with Gasteiger partial charge in [0.15, 0.2) is 0 Å². The zero-order chi connectivity index (χ0) is 15.8. The molecule has 2 aliphatic rings. The number of imide groups is 1. The Morgan fingerprint density at radius 2 is 1.76 bits per heavy atom. The predicted octanol–water partition coefficient (Wildman–Crippen LogP) is -0.491. The maximum Gasteiger partial charge on any atom is 0.252 e. The summed E-state index contributed by atoms with van der Waals surface area (Å²) in [6, 6.07) is 0. The summed E-state index contributed by atoms with van der Waals surface area (Å²) in [5.74, 6) is -1.30. The van der Waals surface area contributed by atoms with Crippen LogP contribution >= 0.6 is 0 Å². The molecule has 4 amide bonds. The van der Waals surface area contributed by atoms with Gasteiger partial charge < -0.3 is 9.80 Å². The van der Waals surface area contributed by atoms with Gasteiger partial charge in [-0.25, -0.2) is 0 Å². The van der Waals surface area contributed by atoms with Gasteiger partial charge in [0.1, 0.15) is 12.1 Å². The molecule has 1 N–H and O–H groups in total. The summed E-state index contributed by atoms with van der Waals surface area (Å²) in [5, 5.41) is 2.25. The lowest BCUT2D eigenvalue weighted by molar-refractivity contribution is -0.158. The number of nitrogens with zero attached hydrogens (tertiary/aromatic N) is 2. The summed E-state index contributed by atoms with van der Waals surface area (Å²) in [7, 11) is 0. The zero-order valence-corrected chi connectivity index (χ0v) is 12.6. The Balaban J connectivity index is 2.07. The van der Waals surface area contributed by atoms with Gasteiger partial charge >= 0.3 is 0 Å². The van der Waals surface area contributed by atoms with E-state index in [4.69, 9.17) is 0 Å². The van der Waals surface area contributed by atoms with Crippen molar-refractivity contribution in [3.63, 3.8) is 0 Å². The number of amides is 4. The standard InChI is InChI=1S/C14H21N3O4/c1-9(18)16-6-4-10(5-7-16)12(20)17-8-11(19)15-13(21)14(17,2)3/h10H,4-8H2,1-3H3,(H,15,19,21). The molecule has 0 aromatic carbocycles. The highest BCUT2D eigenvalue weighted by Crippen LogP contribution is 2.25. The van der Waals surface area contributed by atoms with Gasteiger partial charge in [-0.3, -0.25) is 24.5 Å². The number of likely N-dealkylation sites (tertiary alicyclic amines) is 1. The van der Waals surface area contributed by atoms with Crippen LogP contribution in [0.15, 0.2) is 0 Å². The lowest BCUT2D eigenvalue weighted by Crippen LogP contribution is -2.66. The first-order chi connectivity index (χ1) is 9.73. The SMILES string of the molecule is CC(=O)N1CCC(C(=O)N2CC(=O)NC(=O)C2(C)C)CC1. The summed E-state index contributed by atoms with van der Waals surface area (Å²) in [4.78, 5) is 50.4. The molecular weight excluding hydrogens is 274 g/mol. The first-order valence-corrected chi connectivity index (χ1v) is 7.14. The Morgan fingerprint density at radius 3 is 2.29 bits per heavy atom. The molecule has 0 aromatic rings. The molecule has 0 saturated carbocycles. The van der Waals surface area contributed by atoms with E-state index in [-0.39, 0.29) is 24.3 Å². The normalized spacial score (nSPS) is 23.0. The molecule has 2 rings (SSSR count). The minimum atomic E-state index is -1.03. The summed E-state index contributed by atoms with van der Waals surface area (Å²) in [5.41, 5.74) is -1.03. The van der Waals surface area contributed by atoms with Crippen LogP contribution < -0.4 is 5.32 Å². The third-order valence-corrected chi connectivity index (χ3v) is 4.34. The van der Waals surface area contributed by atoms with Crippen molar-refractivity contribution in [2.45, 2.75) is 39.2 Å². The molecule has 7 heteroatoms. The van der Waals surface area contributed by atoms with Crippen LogP contribution in [0.3, 0.4) is 0 Å². The number of carbonyl (C=O) groups excluding carboxylic acids is 4. The predicted molar refractivity (Wildman–Crippen MR) is 73.9 cm³/mol. The maximum atomic E-state index is 12.6. The van der Waals surface area contributed by atoms with E-state index in [9.17, 15) is 19.2 Å². The van der Waals surface area contributed by atoms with E-state index in [0.717, 1.165) is 0 Å². The average molecular weight is 295 g/mol. The number of rotatable bonds is 1. The van der Waals surface area contributed by atoms with Crippen LogP contribution in [0.1, 0.15) is 33.6 Å². The molecule has 2 heterocycles. The molecule has 2 fully saturated rings. The minimum absolute atomic E-state index is 0.00811. The largest absolute Gasteiger partial charge is 0.343 e. The van der Waals surface area contributed by atoms with Crippen molar-refractivity contribution in [3.8, 4) is 0 Å². The fourth-order valence-corrected chi connectivity index (χ4v) is 2.80. The number of piperidine rings is 1. The molecule has 0 aromatic heterocycles. The lowest BCUT2D eigenvalue weighted by atomic mass is 9.91. The van der Waals surface area contributed by atoms with Gasteiger partial charge in [-0.15, -0.1) is 0 Å². The van der Waals surface area contributed by atoms with Gasteiger partial charge in [-0.05, 0) is 26.7 Å². The second kappa shape index (κ2) is 5.46. The molecule has 0 bridgehead atoms. The van der Waals surface area contributed by atoms with Gasteiger partial charge in [-0.2, -0.15) is 0 Å². The Bertz CT molecular complexity index is 492. The second-order valence-electron chi connectivity index (χ2n) is 6.14. The van der Waals surface area contributed by atoms with Crippen molar-refractivity contribution >= 4 is 23.6 Å². The van der Waals surface area contributed by atoms with Gasteiger partial charge in [-0.1, -0.05) is 0 Å². The van der Waals surface area contributed by atoms with E-state index in [1.54, 1.807) is 18.7 Å². The van der Waals surface area contributed by atoms with E-state index in [2.05, 4.69) is 5.32 Å². The summed E-state index contributed by atoms with van der Waals surface area (Å²) >= 11 is 0. The Morgan fingerprint density at radius 1 is 1.19 bits per heavy atom. The Kier molecular flexibility index (Phi) is 4.02. The van der Waals surface area contributed by atoms with Crippen molar-refractivity contribution < 1.29 is 19.2 Å². The van der Waals surface area contributed by atoms with Crippen molar-refractivity contribution in [1.29, 1.82) is 0 Å². The van der Waals surface area contributed by atoms with Crippen molar-refractivity contribution in [1.82, 2.24) is 15.1 Å². The van der Waals surface area contributed by atoms with Gasteiger partial charge in [0.2, 0.25) is 17.7 Å². The van der Waals surface area contributed by atoms with E-state index in [1.807, 2.05) is 0 Å². The number of hydrogen-bond donors (Lipinski definition) is 1. The molecular formula is C14H21N3O4. The highest BCUT2D eigenvalue weighted by atomic mass is 16.2. The average Bonchev–Trinajstić information content (AvgIpc) is 2.42. The van der Waals surface area contributed by atoms with Crippen molar-refractivity contribution in [2.24, 2.45) is 5.92 Å². The van der Waals surface area contributed by atoms with E-state index in [0.29, 0.717) is 25.9 Å². The molecule has 0 spiro atoms. The Labute approximate surface area is 123 Å². The van der Waals surface area contributed by atoms with E-state index >= 15 is 0 Å². The number of hydrogen-bond acceptors (Lipinski definition) is 4. The molecule has 0 radical (unpaired) electrons. The van der Waals surface area contributed by atoms with E-state index in [1.165, 1.54) is 11.8 Å². The van der Waals surface area contributed by atoms with Crippen LogP contribution in [0.25, 0.3) is 0 Å². The number of carbonyl (C=O) groups is 4. The maximum absolute atomic E-state index is 12.6. The minimum Gasteiger partial charge on any atom is -0.343 e. The van der Waals surface area contributed by atoms with Crippen LogP contribution in [-0.2, 0) is 19.2 Å². The topological polar surface area (TPSA) is 86.8 Å².